The zero-order chi connectivity index (χ0) is 15.6. The van der Waals surface area contributed by atoms with Crippen LogP contribution in [0.3, 0.4) is 0 Å². The van der Waals surface area contributed by atoms with E-state index in [4.69, 9.17) is 14.5 Å². The quantitative estimate of drug-likeness (QED) is 0.250. The van der Waals surface area contributed by atoms with E-state index in [0.29, 0.717) is 0 Å². The van der Waals surface area contributed by atoms with Crippen LogP contribution in [-0.4, -0.2) is 53.2 Å². The van der Waals surface area contributed by atoms with Gasteiger partial charge in [0.15, 0.2) is 6.10 Å². The first-order chi connectivity index (χ1) is 8.21. The number of phosphoric ester groups is 1. The maximum Gasteiger partial charge on any atom is 0.470 e. The molecular formula is C11H23NO6P+. The van der Waals surface area contributed by atoms with E-state index in [0.717, 1.165) is 0 Å². The van der Waals surface area contributed by atoms with Crippen molar-refractivity contribution >= 4 is 13.8 Å². The number of hydrogen-bond donors (Lipinski definition) is 2. The van der Waals surface area contributed by atoms with Crippen molar-refractivity contribution in [1.82, 2.24) is 0 Å². The Balaban J connectivity index is 5.37. The van der Waals surface area contributed by atoms with Gasteiger partial charge in [-0.15, -0.1) is 0 Å². The van der Waals surface area contributed by atoms with Gasteiger partial charge in [-0.1, -0.05) is 6.58 Å². The van der Waals surface area contributed by atoms with E-state index in [9.17, 15) is 9.36 Å². The van der Waals surface area contributed by atoms with Crippen molar-refractivity contribution in [1.29, 1.82) is 0 Å². The van der Waals surface area contributed by atoms with Gasteiger partial charge in [-0.25, -0.2) is 9.36 Å². The molecule has 0 aromatic rings. The Bertz CT molecular complexity index is 410. The third-order valence-corrected chi connectivity index (χ3v) is 3.62. The summed E-state index contributed by atoms with van der Waals surface area (Å²) >= 11 is 0. The number of esters is 1. The fourth-order valence-electron chi connectivity index (χ4n) is 1.34. The standard InChI is InChI=1S/C11H22NO6P/c1-8(2)10(13)17-11(4,12(5,6)7)9(3)18-19(14,15)16/h9H,1H2,2-7H3,(H-,14,15,16)/p+1. The average molecular weight is 296 g/mol. The molecule has 2 unspecified atom stereocenters. The highest BCUT2D eigenvalue weighted by atomic mass is 31.2. The van der Waals surface area contributed by atoms with Crippen LogP contribution in [0, 0.1) is 0 Å². The lowest BCUT2D eigenvalue weighted by Gasteiger charge is -2.45. The zero-order valence-corrected chi connectivity index (χ0v) is 13.1. The van der Waals surface area contributed by atoms with Gasteiger partial charge in [-0.3, -0.25) is 9.01 Å². The summed E-state index contributed by atoms with van der Waals surface area (Å²) in [5.74, 6) is -0.642. The molecule has 0 aliphatic heterocycles. The Morgan fingerprint density at radius 2 is 1.79 bits per heavy atom. The van der Waals surface area contributed by atoms with Crippen LogP contribution >= 0.6 is 7.82 Å². The minimum Gasteiger partial charge on any atom is -0.404 e. The van der Waals surface area contributed by atoms with Gasteiger partial charge in [0.25, 0.3) is 5.72 Å². The molecule has 112 valence electrons. The average Bonchev–Trinajstić information content (AvgIpc) is 2.12. The second kappa shape index (κ2) is 5.73. The molecule has 0 aliphatic carbocycles. The molecule has 0 spiro atoms. The van der Waals surface area contributed by atoms with E-state index >= 15 is 0 Å². The van der Waals surface area contributed by atoms with E-state index in [1.165, 1.54) is 13.8 Å². The molecule has 7 nitrogen and oxygen atoms in total. The second-order valence-corrected chi connectivity index (χ2v) is 6.67. The molecule has 8 heteroatoms. The molecule has 2 atom stereocenters. The van der Waals surface area contributed by atoms with Crippen LogP contribution < -0.4 is 0 Å². The minimum absolute atomic E-state index is 0.104. The summed E-state index contributed by atoms with van der Waals surface area (Å²) in [5.41, 5.74) is -1.08. The van der Waals surface area contributed by atoms with E-state index < -0.39 is 25.6 Å². The van der Waals surface area contributed by atoms with Gasteiger partial charge in [0.2, 0.25) is 0 Å². The van der Waals surface area contributed by atoms with E-state index in [-0.39, 0.29) is 10.1 Å². The zero-order valence-electron chi connectivity index (χ0n) is 12.2. The molecule has 2 N–H and O–H groups in total. The SMILES string of the molecule is C=C(C)C(=O)OC(C)(C(C)OP(=O)(O)O)[N+](C)(C)C. The lowest BCUT2D eigenvalue weighted by Crippen LogP contribution is -2.63. The maximum absolute atomic E-state index is 11.7. The highest BCUT2D eigenvalue weighted by Gasteiger charge is 2.50. The molecule has 0 radical (unpaired) electrons. The molecule has 0 amide bonds. The van der Waals surface area contributed by atoms with Gasteiger partial charge >= 0.3 is 13.8 Å². The third-order valence-electron chi connectivity index (χ3n) is 3.03. The van der Waals surface area contributed by atoms with Gasteiger partial charge in [-0.2, -0.15) is 0 Å². The number of nitrogens with zero attached hydrogens (tertiary/aromatic N) is 1. The summed E-state index contributed by atoms with van der Waals surface area (Å²) in [7, 11) is 0.504. The number of quaternary nitrogens is 1. The van der Waals surface area contributed by atoms with Gasteiger partial charge < -0.3 is 14.5 Å². The first-order valence-corrected chi connectivity index (χ1v) is 7.18. The van der Waals surface area contributed by atoms with Crippen molar-refractivity contribution in [2.75, 3.05) is 21.1 Å². The summed E-state index contributed by atoms with van der Waals surface area (Å²) in [6.07, 6.45) is -1.02. The van der Waals surface area contributed by atoms with Crippen molar-refractivity contribution in [2.24, 2.45) is 0 Å². The number of likely N-dealkylation sites (N-methyl/N-ethyl adjacent to an activating group) is 1. The van der Waals surface area contributed by atoms with Crippen molar-refractivity contribution in [2.45, 2.75) is 32.6 Å². The van der Waals surface area contributed by atoms with E-state index in [1.54, 1.807) is 28.1 Å². The highest BCUT2D eigenvalue weighted by Crippen LogP contribution is 2.42. The molecule has 0 fully saturated rings. The molecule has 0 aliphatic rings. The van der Waals surface area contributed by atoms with Crippen molar-refractivity contribution in [3.05, 3.63) is 12.2 Å². The molecule has 19 heavy (non-hydrogen) atoms. The van der Waals surface area contributed by atoms with Gasteiger partial charge in [0.1, 0.15) is 0 Å². The monoisotopic (exact) mass is 296 g/mol. The number of rotatable bonds is 6. The molecular weight excluding hydrogens is 273 g/mol. The topological polar surface area (TPSA) is 93.1 Å². The minimum atomic E-state index is -4.68. The normalized spacial score (nSPS) is 17.5. The molecule has 0 aromatic carbocycles. The third kappa shape index (κ3) is 5.04. The Hall–Kier alpha value is -0.720. The highest BCUT2D eigenvalue weighted by molar-refractivity contribution is 7.46. The molecule has 0 bridgehead atoms. The number of phosphoric acid groups is 1. The maximum atomic E-state index is 11.7. The van der Waals surface area contributed by atoms with Gasteiger partial charge in [0.05, 0.1) is 21.1 Å². The summed E-state index contributed by atoms with van der Waals surface area (Å²) in [5, 5.41) is 0. The molecule has 0 aromatic heterocycles. The summed E-state index contributed by atoms with van der Waals surface area (Å²) in [6.45, 7) is 7.96. The summed E-state index contributed by atoms with van der Waals surface area (Å²) in [6, 6.07) is 0. The molecule has 0 saturated carbocycles. The molecule has 0 heterocycles. The van der Waals surface area contributed by atoms with Gasteiger partial charge in [0, 0.05) is 12.5 Å². The van der Waals surface area contributed by atoms with E-state index in [1.807, 2.05) is 0 Å². The predicted octanol–water partition coefficient (Wildman–Crippen LogP) is 1.03. The number of carbonyl (C=O) groups excluding carboxylic acids is 1. The summed E-state index contributed by atoms with van der Waals surface area (Å²) in [4.78, 5) is 29.5. The summed E-state index contributed by atoms with van der Waals surface area (Å²) < 4.78 is 21.0. The van der Waals surface area contributed by atoms with Crippen molar-refractivity contribution in [3.8, 4) is 0 Å². The number of ether oxygens (including phenoxy) is 1. The van der Waals surface area contributed by atoms with Gasteiger partial charge in [-0.05, 0) is 13.8 Å². The largest absolute Gasteiger partial charge is 0.470 e. The fraction of sp³-hybridized carbons (Fsp3) is 0.727. The van der Waals surface area contributed by atoms with Crippen molar-refractivity contribution < 1.29 is 32.9 Å². The first-order valence-electron chi connectivity index (χ1n) is 5.65. The number of carbonyl (C=O) groups is 1. The van der Waals surface area contributed by atoms with Crippen LogP contribution in [0.4, 0.5) is 0 Å². The Morgan fingerprint density at radius 1 is 1.37 bits per heavy atom. The molecule has 0 saturated heterocycles. The lowest BCUT2D eigenvalue weighted by molar-refractivity contribution is -0.949. The lowest BCUT2D eigenvalue weighted by atomic mass is 10.1. The second-order valence-electron chi connectivity index (χ2n) is 5.48. The Labute approximate surface area is 113 Å². The van der Waals surface area contributed by atoms with E-state index in [2.05, 4.69) is 11.1 Å². The first kappa shape index (κ1) is 18.3. The van der Waals surface area contributed by atoms with Crippen LogP contribution in [0.15, 0.2) is 12.2 Å². The van der Waals surface area contributed by atoms with Crippen molar-refractivity contribution in [3.63, 3.8) is 0 Å². The smallest absolute Gasteiger partial charge is 0.404 e. The molecule has 0 rings (SSSR count). The number of hydrogen-bond acceptors (Lipinski definition) is 4. The fourth-order valence-corrected chi connectivity index (χ4v) is 1.95. The van der Waals surface area contributed by atoms with Crippen LogP contribution in [0.2, 0.25) is 0 Å². The van der Waals surface area contributed by atoms with Crippen LogP contribution in [0.5, 0.6) is 0 Å². The Morgan fingerprint density at radius 3 is 2.05 bits per heavy atom. The van der Waals surface area contributed by atoms with Crippen LogP contribution in [-0.2, 0) is 18.6 Å². The Kier molecular flexibility index (Phi) is 5.51. The predicted molar refractivity (Wildman–Crippen MR) is 69.9 cm³/mol. The van der Waals surface area contributed by atoms with Crippen LogP contribution in [0.1, 0.15) is 20.8 Å². The van der Waals surface area contributed by atoms with Crippen LogP contribution in [0.25, 0.3) is 0 Å².